The Labute approximate surface area is 169 Å². The summed E-state index contributed by atoms with van der Waals surface area (Å²) in [4.78, 5) is 30.2. The van der Waals surface area contributed by atoms with Crippen LogP contribution in [0.25, 0.3) is 0 Å². The summed E-state index contributed by atoms with van der Waals surface area (Å²) in [6, 6.07) is 6.90. The second-order valence-electron chi connectivity index (χ2n) is 7.02. The molecule has 2 heterocycles. The lowest BCUT2D eigenvalue weighted by Crippen LogP contribution is -2.42. The van der Waals surface area contributed by atoms with Crippen molar-refractivity contribution in [1.29, 1.82) is 0 Å². The third-order valence-corrected chi connectivity index (χ3v) is 6.73. The van der Waals surface area contributed by atoms with Crippen LogP contribution in [-0.4, -0.2) is 47.7 Å². The van der Waals surface area contributed by atoms with Crippen LogP contribution in [0, 0.1) is 0 Å². The highest BCUT2D eigenvalue weighted by atomic mass is 32.2. The minimum Gasteiger partial charge on any atom is -0.351 e. The fourth-order valence-electron chi connectivity index (χ4n) is 3.17. The monoisotopic (exact) mass is 419 g/mol. The number of H-pyrrole nitrogens is 1. The molecule has 1 aromatic heterocycles. The lowest BCUT2D eigenvalue weighted by atomic mass is 10.2. The van der Waals surface area contributed by atoms with Crippen LogP contribution in [0.4, 0.5) is 0 Å². The van der Waals surface area contributed by atoms with E-state index in [0.717, 1.165) is 24.8 Å². The Morgan fingerprint density at radius 2 is 1.86 bits per heavy atom. The van der Waals surface area contributed by atoms with Gasteiger partial charge in [-0.15, -0.1) is 0 Å². The van der Waals surface area contributed by atoms with Crippen molar-refractivity contribution < 1.29 is 13.2 Å². The maximum absolute atomic E-state index is 12.7. The molecule has 9 nitrogen and oxygen atoms in total. The summed E-state index contributed by atoms with van der Waals surface area (Å²) in [5, 5.41) is 2.71. The minimum atomic E-state index is -3.47. The first-order valence-electron chi connectivity index (χ1n) is 9.53. The number of aromatic amines is 1. The predicted molar refractivity (Wildman–Crippen MR) is 107 cm³/mol. The number of hydrogen-bond acceptors (Lipinski definition) is 6. The molecule has 0 saturated carbocycles. The van der Waals surface area contributed by atoms with E-state index in [9.17, 15) is 18.0 Å². The first kappa shape index (κ1) is 21.2. The molecule has 2 aromatic rings. The maximum atomic E-state index is 12.7. The van der Waals surface area contributed by atoms with Gasteiger partial charge < -0.3 is 16.0 Å². The quantitative estimate of drug-likeness (QED) is 0.583. The van der Waals surface area contributed by atoms with Crippen LogP contribution in [0.3, 0.4) is 0 Å². The van der Waals surface area contributed by atoms with E-state index in [1.54, 1.807) is 24.3 Å². The average molecular weight is 420 g/mol. The van der Waals surface area contributed by atoms with Gasteiger partial charge in [0, 0.05) is 38.3 Å². The fourth-order valence-corrected chi connectivity index (χ4v) is 4.69. The lowest BCUT2D eigenvalue weighted by molar-refractivity contribution is -0.122. The van der Waals surface area contributed by atoms with Gasteiger partial charge in [-0.3, -0.25) is 9.59 Å². The molecule has 1 saturated heterocycles. The lowest BCUT2D eigenvalue weighted by Gasteiger charge is -2.25. The normalized spacial score (nSPS) is 16.3. The molecule has 1 fully saturated rings. The van der Waals surface area contributed by atoms with Gasteiger partial charge in [-0.25, -0.2) is 13.4 Å². The van der Waals surface area contributed by atoms with Gasteiger partial charge in [0.05, 0.1) is 10.9 Å². The Balaban J connectivity index is 1.55. The molecule has 29 heavy (non-hydrogen) atoms. The van der Waals surface area contributed by atoms with E-state index in [4.69, 9.17) is 5.73 Å². The molecular weight excluding hydrogens is 394 g/mol. The van der Waals surface area contributed by atoms with E-state index >= 15 is 0 Å². The zero-order valence-electron chi connectivity index (χ0n) is 16.0. The van der Waals surface area contributed by atoms with E-state index in [2.05, 4.69) is 15.3 Å². The summed E-state index contributed by atoms with van der Waals surface area (Å²) in [5.41, 5.74) is 6.32. The largest absolute Gasteiger partial charge is 0.351 e. The number of aromatic nitrogens is 2. The number of nitrogens with one attached hydrogen (secondary N) is 2. The Kier molecular flexibility index (Phi) is 6.78. The van der Waals surface area contributed by atoms with Gasteiger partial charge in [0.25, 0.3) is 5.56 Å². The van der Waals surface area contributed by atoms with Gasteiger partial charge >= 0.3 is 0 Å². The molecule has 1 aliphatic rings. The number of nitrogens with zero attached hydrogens (tertiary/aromatic N) is 2. The fraction of sp³-hybridized carbons (Fsp3) is 0.421. The molecule has 156 valence electrons. The van der Waals surface area contributed by atoms with Crippen LogP contribution in [0.1, 0.15) is 30.7 Å². The van der Waals surface area contributed by atoms with Crippen LogP contribution >= 0.6 is 0 Å². The summed E-state index contributed by atoms with van der Waals surface area (Å²) in [5.74, 6) is -0.0473. The highest BCUT2D eigenvalue weighted by Crippen LogP contribution is 2.20. The van der Waals surface area contributed by atoms with Crippen molar-refractivity contribution in [3.63, 3.8) is 0 Å². The summed E-state index contributed by atoms with van der Waals surface area (Å²) >= 11 is 0. The van der Waals surface area contributed by atoms with E-state index in [1.807, 2.05) is 0 Å². The summed E-state index contributed by atoms with van der Waals surface area (Å²) < 4.78 is 26.8. The Hall–Kier alpha value is -2.56. The van der Waals surface area contributed by atoms with Crippen LogP contribution < -0.4 is 16.6 Å². The number of rotatable bonds is 7. The molecule has 3 rings (SSSR count). The molecule has 10 heteroatoms. The molecule has 1 aromatic carbocycles. The van der Waals surface area contributed by atoms with Gasteiger partial charge in [-0.1, -0.05) is 18.6 Å². The molecule has 1 unspecified atom stereocenters. The Bertz CT molecular complexity index is 998. The average Bonchev–Trinajstić information content (AvgIpc) is 2.73. The van der Waals surface area contributed by atoms with Crippen LogP contribution in [0.2, 0.25) is 0 Å². The number of hydrogen-bond donors (Lipinski definition) is 3. The topological polar surface area (TPSA) is 138 Å². The molecule has 4 N–H and O–H groups in total. The van der Waals surface area contributed by atoms with Crippen molar-refractivity contribution in [2.45, 2.75) is 43.2 Å². The predicted octanol–water partition coefficient (Wildman–Crippen LogP) is 0.131. The molecular formula is C19H25N5O4S. The number of carbonyl (C=O) groups is 1. The Morgan fingerprint density at radius 3 is 2.52 bits per heavy atom. The SMILES string of the molecule is NC(Cc1nccc(=O)[nH]1)C(=O)NCc1ccc(S(=O)(=O)N2CCCCC2)cc1. The van der Waals surface area contributed by atoms with Crippen LogP contribution in [0.5, 0.6) is 0 Å². The van der Waals surface area contributed by atoms with Crippen molar-refractivity contribution in [2.75, 3.05) is 13.1 Å². The molecule has 0 aliphatic carbocycles. The highest BCUT2D eigenvalue weighted by molar-refractivity contribution is 7.89. The first-order chi connectivity index (χ1) is 13.9. The second-order valence-corrected chi connectivity index (χ2v) is 8.96. The molecule has 0 bridgehead atoms. The third-order valence-electron chi connectivity index (χ3n) is 4.82. The number of nitrogens with two attached hydrogens (primary N) is 1. The number of carbonyl (C=O) groups excluding carboxylic acids is 1. The van der Waals surface area contributed by atoms with Gasteiger partial charge in [-0.05, 0) is 30.5 Å². The molecule has 0 radical (unpaired) electrons. The van der Waals surface area contributed by atoms with Crippen LogP contribution in [-0.2, 0) is 27.8 Å². The first-order valence-corrected chi connectivity index (χ1v) is 11.0. The maximum Gasteiger partial charge on any atom is 0.250 e. The van der Waals surface area contributed by atoms with Crippen molar-refractivity contribution in [2.24, 2.45) is 5.73 Å². The third kappa shape index (κ3) is 5.49. The smallest absolute Gasteiger partial charge is 0.250 e. The standard InChI is InChI=1S/C19H25N5O4S/c20-16(12-17-21-9-8-18(25)23-17)19(26)22-13-14-4-6-15(7-5-14)29(27,28)24-10-2-1-3-11-24/h4-9,16H,1-3,10-13,20H2,(H,22,26)(H,21,23,25). The zero-order valence-corrected chi connectivity index (χ0v) is 16.8. The molecule has 0 spiro atoms. The summed E-state index contributed by atoms with van der Waals surface area (Å²) in [6.07, 6.45) is 4.29. The Morgan fingerprint density at radius 1 is 1.17 bits per heavy atom. The van der Waals surface area contributed by atoms with Gasteiger partial charge in [0.15, 0.2) is 0 Å². The van der Waals surface area contributed by atoms with Gasteiger partial charge in [-0.2, -0.15) is 4.31 Å². The van der Waals surface area contributed by atoms with E-state index in [-0.39, 0.29) is 29.3 Å². The summed E-state index contributed by atoms with van der Waals surface area (Å²) in [7, 11) is -3.47. The van der Waals surface area contributed by atoms with E-state index in [0.29, 0.717) is 18.9 Å². The molecule has 1 atom stereocenters. The van der Waals surface area contributed by atoms with E-state index < -0.39 is 16.1 Å². The number of amides is 1. The minimum absolute atomic E-state index is 0.106. The second kappa shape index (κ2) is 9.29. The van der Waals surface area contributed by atoms with Gasteiger partial charge in [0.2, 0.25) is 15.9 Å². The van der Waals surface area contributed by atoms with Crippen molar-refractivity contribution in [3.8, 4) is 0 Å². The van der Waals surface area contributed by atoms with Crippen molar-refractivity contribution >= 4 is 15.9 Å². The number of piperidine rings is 1. The van der Waals surface area contributed by atoms with Crippen LogP contribution in [0.15, 0.2) is 46.2 Å². The van der Waals surface area contributed by atoms with Crippen molar-refractivity contribution in [3.05, 3.63) is 58.3 Å². The summed E-state index contributed by atoms with van der Waals surface area (Å²) in [6.45, 7) is 1.33. The number of benzene rings is 1. The molecule has 1 aliphatic heterocycles. The highest BCUT2D eigenvalue weighted by Gasteiger charge is 2.25. The zero-order chi connectivity index (χ0) is 20.9. The van der Waals surface area contributed by atoms with Gasteiger partial charge in [0.1, 0.15) is 5.82 Å². The van der Waals surface area contributed by atoms with E-state index in [1.165, 1.54) is 16.6 Å². The molecule has 1 amide bonds. The number of sulfonamides is 1. The van der Waals surface area contributed by atoms with Crippen molar-refractivity contribution in [1.82, 2.24) is 19.6 Å².